The third kappa shape index (κ3) is 4.11. The molecule has 1 aromatic carbocycles. The van der Waals surface area contributed by atoms with E-state index in [1.54, 1.807) is 0 Å². The highest BCUT2D eigenvalue weighted by atomic mass is 16.2. The molecule has 0 unspecified atom stereocenters. The van der Waals surface area contributed by atoms with E-state index in [-0.39, 0.29) is 0 Å². The molecule has 3 nitrogen and oxygen atoms in total. The Balaban J connectivity index is 2.41. The van der Waals surface area contributed by atoms with Crippen LogP contribution < -0.4 is 10.2 Å². The van der Waals surface area contributed by atoms with Crippen LogP contribution in [0.25, 0.3) is 0 Å². The molecule has 0 saturated carbocycles. The maximum absolute atomic E-state index is 8.67. The molecule has 1 aromatic rings. The molecule has 0 aromatic heterocycles. The Morgan fingerprint density at radius 3 is 2.56 bits per heavy atom. The summed E-state index contributed by atoms with van der Waals surface area (Å²) >= 11 is 0. The Bertz CT molecular complexity index is 300. The van der Waals surface area contributed by atoms with Crippen molar-refractivity contribution in [2.24, 2.45) is 0 Å². The van der Waals surface area contributed by atoms with Gasteiger partial charge in [-0.05, 0) is 31.4 Å². The molecule has 0 fully saturated rings. The summed E-state index contributed by atoms with van der Waals surface area (Å²) in [5, 5.41) is 12.1. The van der Waals surface area contributed by atoms with Crippen LogP contribution in [0.4, 0.5) is 11.4 Å². The lowest BCUT2D eigenvalue weighted by Crippen LogP contribution is -2.12. The van der Waals surface area contributed by atoms with Crippen molar-refractivity contribution in [2.45, 2.75) is 19.3 Å². The largest absolute Gasteiger partial charge is 0.396 e. The molecule has 0 aliphatic rings. The summed E-state index contributed by atoms with van der Waals surface area (Å²) in [5.74, 6) is 0. The average Bonchev–Trinajstić information content (AvgIpc) is 2.29. The Morgan fingerprint density at radius 2 is 1.88 bits per heavy atom. The Morgan fingerprint density at radius 1 is 1.12 bits per heavy atom. The molecule has 0 spiro atoms. The monoisotopic (exact) mass is 222 g/mol. The smallest absolute Gasteiger partial charge is 0.0596 e. The van der Waals surface area contributed by atoms with Gasteiger partial charge in [-0.1, -0.05) is 12.1 Å². The fourth-order valence-electron chi connectivity index (χ4n) is 1.65. The second-order valence-corrected chi connectivity index (χ2v) is 4.12. The van der Waals surface area contributed by atoms with E-state index in [1.165, 1.54) is 11.4 Å². The molecule has 0 radical (unpaired) electrons. The summed E-state index contributed by atoms with van der Waals surface area (Å²) in [6.45, 7) is 1.26. The summed E-state index contributed by atoms with van der Waals surface area (Å²) in [5.41, 5.74) is 2.39. The number of hydrogen-bond acceptors (Lipinski definition) is 3. The van der Waals surface area contributed by atoms with Gasteiger partial charge >= 0.3 is 0 Å². The van der Waals surface area contributed by atoms with E-state index in [0.717, 1.165) is 25.8 Å². The van der Waals surface area contributed by atoms with Crippen LogP contribution in [0.1, 0.15) is 19.3 Å². The number of nitrogens with one attached hydrogen (secondary N) is 1. The summed E-state index contributed by atoms with van der Waals surface area (Å²) in [6.07, 6.45) is 3.08. The lowest BCUT2D eigenvalue weighted by Gasteiger charge is -2.18. The first-order valence-corrected chi connectivity index (χ1v) is 5.87. The van der Waals surface area contributed by atoms with E-state index in [1.807, 2.05) is 26.2 Å². The van der Waals surface area contributed by atoms with Gasteiger partial charge in [-0.15, -0.1) is 0 Å². The highest BCUT2D eigenvalue weighted by Crippen LogP contribution is 2.23. The second-order valence-electron chi connectivity index (χ2n) is 4.12. The average molecular weight is 222 g/mol. The van der Waals surface area contributed by atoms with Crippen molar-refractivity contribution in [3.63, 3.8) is 0 Å². The van der Waals surface area contributed by atoms with Crippen molar-refractivity contribution in [3.05, 3.63) is 24.3 Å². The van der Waals surface area contributed by atoms with Gasteiger partial charge < -0.3 is 15.3 Å². The molecule has 0 amide bonds. The number of benzene rings is 1. The maximum atomic E-state index is 8.67. The maximum Gasteiger partial charge on any atom is 0.0596 e. The molecule has 0 saturated heterocycles. The first kappa shape index (κ1) is 12.8. The molecule has 0 bridgehead atoms. The van der Waals surface area contributed by atoms with Gasteiger partial charge in [0.15, 0.2) is 0 Å². The Labute approximate surface area is 98.1 Å². The zero-order valence-electron chi connectivity index (χ0n) is 10.2. The predicted molar refractivity (Wildman–Crippen MR) is 70.2 cm³/mol. The molecular formula is C13H22N2O. The van der Waals surface area contributed by atoms with Gasteiger partial charge in [0.25, 0.3) is 0 Å². The fraction of sp³-hybridized carbons (Fsp3) is 0.538. The number of para-hydroxylation sites is 2. The van der Waals surface area contributed by atoms with Gasteiger partial charge in [0, 0.05) is 27.2 Å². The topological polar surface area (TPSA) is 35.5 Å². The van der Waals surface area contributed by atoms with Crippen LogP contribution in [0.2, 0.25) is 0 Å². The zero-order chi connectivity index (χ0) is 11.8. The predicted octanol–water partition coefficient (Wildman–Crippen LogP) is 2.33. The molecule has 1 rings (SSSR count). The third-order valence-electron chi connectivity index (χ3n) is 2.54. The van der Waals surface area contributed by atoms with E-state index < -0.39 is 0 Å². The molecule has 3 heteroatoms. The molecule has 0 aliphatic heterocycles. The summed E-state index contributed by atoms with van der Waals surface area (Å²) in [6, 6.07) is 8.30. The molecular weight excluding hydrogens is 200 g/mol. The van der Waals surface area contributed by atoms with E-state index >= 15 is 0 Å². The van der Waals surface area contributed by atoms with Gasteiger partial charge in [0.05, 0.1) is 11.4 Å². The van der Waals surface area contributed by atoms with Crippen molar-refractivity contribution >= 4 is 11.4 Å². The highest BCUT2D eigenvalue weighted by molar-refractivity contribution is 5.69. The highest BCUT2D eigenvalue weighted by Gasteiger charge is 2.01. The van der Waals surface area contributed by atoms with Crippen LogP contribution in [-0.4, -0.2) is 32.4 Å². The lowest BCUT2D eigenvalue weighted by atomic mass is 10.2. The summed E-state index contributed by atoms with van der Waals surface area (Å²) in [4.78, 5) is 2.11. The van der Waals surface area contributed by atoms with E-state index in [0.29, 0.717) is 6.61 Å². The zero-order valence-corrected chi connectivity index (χ0v) is 10.2. The quantitative estimate of drug-likeness (QED) is 0.695. The number of nitrogens with zero attached hydrogens (tertiary/aromatic N) is 1. The third-order valence-corrected chi connectivity index (χ3v) is 2.54. The van der Waals surface area contributed by atoms with Crippen LogP contribution in [-0.2, 0) is 0 Å². The van der Waals surface area contributed by atoms with Crippen LogP contribution in [0.5, 0.6) is 0 Å². The summed E-state index contributed by atoms with van der Waals surface area (Å²) in [7, 11) is 4.10. The Kier molecular flexibility index (Phi) is 5.72. The second kappa shape index (κ2) is 7.12. The SMILES string of the molecule is CN(C)c1ccccc1NCCCCCO. The normalized spacial score (nSPS) is 10.2. The van der Waals surface area contributed by atoms with Crippen molar-refractivity contribution in [2.75, 3.05) is 37.5 Å². The molecule has 90 valence electrons. The van der Waals surface area contributed by atoms with Crippen molar-refractivity contribution in [1.29, 1.82) is 0 Å². The number of unbranched alkanes of at least 4 members (excludes halogenated alkanes) is 2. The number of rotatable bonds is 7. The van der Waals surface area contributed by atoms with Gasteiger partial charge in [-0.3, -0.25) is 0 Å². The van der Waals surface area contributed by atoms with Gasteiger partial charge in [-0.2, -0.15) is 0 Å². The first-order valence-electron chi connectivity index (χ1n) is 5.87. The van der Waals surface area contributed by atoms with E-state index in [2.05, 4.69) is 22.3 Å². The van der Waals surface area contributed by atoms with Crippen molar-refractivity contribution < 1.29 is 5.11 Å². The minimum atomic E-state index is 0.300. The molecule has 0 aliphatic carbocycles. The first-order chi connectivity index (χ1) is 7.75. The van der Waals surface area contributed by atoms with Gasteiger partial charge in [0.1, 0.15) is 0 Å². The number of aliphatic hydroxyl groups is 1. The van der Waals surface area contributed by atoms with Crippen LogP contribution >= 0.6 is 0 Å². The van der Waals surface area contributed by atoms with Crippen molar-refractivity contribution in [1.82, 2.24) is 0 Å². The van der Waals surface area contributed by atoms with Crippen LogP contribution in [0.3, 0.4) is 0 Å². The molecule has 16 heavy (non-hydrogen) atoms. The van der Waals surface area contributed by atoms with Crippen molar-refractivity contribution in [3.8, 4) is 0 Å². The number of hydrogen-bond donors (Lipinski definition) is 2. The van der Waals surface area contributed by atoms with Crippen LogP contribution in [0, 0.1) is 0 Å². The molecule has 0 atom stereocenters. The summed E-state index contributed by atoms with van der Waals surface area (Å²) < 4.78 is 0. The van der Waals surface area contributed by atoms with Crippen LogP contribution in [0.15, 0.2) is 24.3 Å². The number of anilines is 2. The van der Waals surface area contributed by atoms with Gasteiger partial charge in [-0.25, -0.2) is 0 Å². The van der Waals surface area contributed by atoms with Gasteiger partial charge in [0.2, 0.25) is 0 Å². The molecule has 0 heterocycles. The lowest BCUT2D eigenvalue weighted by molar-refractivity contribution is 0.283. The van der Waals surface area contributed by atoms with E-state index in [4.69, 9.17) is 5.11 Å². The Hall–Kier alpha value is -1.22. The fourth-order valence-corrected chi connectivity index (χ4v) is 1.65. The minimum absolute atomic E-state index is 0.300. The number of aliphatic hydroxyl groups excluding tert-OH is 1. The molecule has 2 N–H and O–H groups in total. The standard InChI is InChI=1S/C13H22N2O/c1-15(2)13-9-5-4-8-12(13)14-10-6-3-7-11-16/h4-5,8-9,14,16H,3,6-7,10-11H2,1-2H3. The minimum Gasteiger partial charge on any atom is -0.396 e. The van der Waals surface area contributed by atoms with E-state index in [9.17, 15) is 0 Å².